The van der Waals surface area contributed by atoms with Gasteiger partial charge >= 0.3 is 0 Å². The number of rotatable bonds is 7. The van der Waals surface area contributed by atoms with Crippen LogP contribution in [0.4, 0.5) is 0 Å². The van der Waals surface area contributed by atoms with E-state index in [-0.39, 0.29) is 0 Å². The average Bonchev–Trinajstić information content (AvgIpc) is 3.59. The average molecular weight is 692 g/mol. The zero-order valence-electron chi connectivity index (χ0n) is 30.5. The predicted molar refractivity (Wildman–Crippen MR) is 230 cm³/mol. The van der Waals surface area contributed by atoms with Gasteiger partial charge in [-0.05, 0) is 98.0 Å². The monoisotopic (exact) mass is 691 g/mol. The largest absolute Gasteiger partial charge is 0.310 e. The molecule has 0 amide bonds. The van der Waals surface area contributed by atoms with Gasteiger partial charge in [0.05, 0.1) is 5.52 Å². The molecular formula is C53H41N. The Balaban J connectivity index is 1.21. The maximum atomic E-state index is 2.54. The summed E-state index contributed by atoms with van der Waals surface area (Å²) in [4.78, 5) is 0. The van der Waals surface area contributed by atoms with E-state index in [0.29, 0.717) is 0 Å². The van der Waals surface area contributed by atoms with Gasteiger partial charge < -0.3 is 4.57 Å². The van der Waals surface area contributed by atoms with Gasteiger partial charge in [0.25, 0.3) is 0 Å². The molecule has 0 bridgehead atoms. The molecule has 1 nitrogen and oxygen atoms in total. The highest BCUT2D eigenvalue weighted by molar-refractivity contribution is 6.10. The van der Waals surface area contributed by atoms with E-state index in [1.165, 1.54) is 87.6 Å². The van der Waals surface area contributed by atoms with Crippen LogP contribution in [0.25, 0.3) is 72.5 Å². The molecule has 0 spiro atoms. The molecule has 1 heterocycles. The number of hydrogen-bond donors (Lipinski definition) is 0. The van der Waals surface area contributed by atoms with Gasteiger partial charge in [-0.25, -0.2) is 0 Å². The molecule has 1 unspecified atom stereocenters. The Hall–Kier alpha value is -6.44. The second kappa shape index (κ2) is 13.2. The van der Waals surface area contributed by atoms with Crippen LogP contribution in [-0.2, 0) is 5.41 Å². The molecule has 8 aromatic carbocycles. The number of benzene rings is 8. The first-order valence-corrected chi connectivity index (χ1v) is 19.3. The fourth-order valence-corrected chi connectivity index (χ4v) is 9.23. The van der Waals surface area contributed by atoms with Crippen LogP contribution < -0.4 is 10.6 Å². The molecule has 0 radical (unpaired) electrons. The summed E-state index contributed by atoms with van der Waals surface area (Å²) < 4.78 is 2.54. The highest BCUT2D eigenvalue weighted by Gasteiger charge is 2.37. The quantitative estimate of drug-likeness (QED) is 0.147. The van der Waals surface area contributed by atoms with Crippen LogP contribution in [0.2, 0.25) is 0 Å². The molecule has 1 aromatic heterocycles. The second-order valence-corrected chi connectivity index (χ2v) is 14.7. The number of aromatic nitrogens is 1. The lowest BCUT2D eigenvalue weighted by Gasteiger charge is -2.36. The fraction of sp³-hybridized carbons (Fsp3) is 0.0943. The van der Waals surface area contributed by atoms with E-state index in [1.807, 2.05) is 0 Å². The first-order chi connectivity index (χ1) is 26.7. The molecular weight excluding hydrogens is 651 g/mol. The SMILES string of the molecule is CCC(c1ccccc1)(c1ccc(-c2ccc(-c3ccccc3)cc2)cc1)c1cc2c(c3c(n2-c2ccc4ccccc4c2)=CCCC=3)c2ccccc12. The first-order valence-electron chi connectivity index (χ1n) is 19.3. The summed E-state index contributed by atoms with van der Waals surface area (Å²) in [6.45, 7) is 2.36. The smallest absolute Gasteiger partial charge is 0.0550 e. The second-order valence-electron chi connectivity index (χ2n) is 14.7. The minimum atomic E-state index is -0.392. The number of hydrogen-bond acceptors (Lipinski definition) is 0. The normalized spacial score (nSPS) is 13.6. The molecule has 1 atom stereocenters. The van der Waals surface area contributed by atoms with Crippen molar-refractivity contribution in [3.63, 3.8) is 0 Å². The van der Waals surface area contributed by atoms with Crippen LogP contribution in [0.15, 0.2) is 182 Å². The van der Waals surface area contributed by atoms with Gasteiger partial charge in [-0.15, -0.1) is 0 Å². The molecule has 0 N–H and O–H groups in total. The van der Waals surface area contributed by atoms with Crippen LogP contribution >= 0.6 is 0 Å². The fourth-order valence-electron chi connectivity index (χ4n) is 9.23. The lowest BCUT2D eigenvalue weighted by atomic mass is 9.66. The van der Waals surface area contributed by atoms with Crippen LogP contribution in [0, 0.1) is 0 Å². The van der Waals surface area contributed by atoms with Crippen LogP contribution in [-0.4, -0.2) is 4.57 Å². The Kier molecular flexibility index (Phi) is 7.88. The van der Waals surface area contributed by atoms with Crippen molar-refractivity contribution in [1.29, 1.82) is 0 Å². The van der Waals surface area contributed by atoms with Gasteiger partial charge in [0, 0.05) is 27.1 Å². The van der Waals surface area contributed by atoms with Crippen molar-refractivity contribution in [1.82, 2.24) is 4.57 Å². The molecule has 9 aromatic rings. The van der Waals surface area contributed by atoms with E-state index in [4.69, 9.17) is 0 Å². The van der Waals surface area contributed by atoms with Gasteiger partial charge in [-0.2, -0.15) is 0 Å². The molecule has 1 aliphatic carbocycles. The van der Waals surface area contributed by atoms with Crippen molar-refractivity contribution >= 4 is 44.6 Å². The third kappa shape index (κ3) is 5.15. The van der Waals surface area contributed by atoms with Gasteiger partial charge in [0.15, 0.2) is 0 Å². The highest BCUT2D eigenvalue weighted by atomic mass is 15.0. The Morgan fingerprint density at radius 1 is 0.481 bits per heavy atom. The van der Waals surface area contributed by atoms with E-state index in [1.54, 1.807) is 0 Å². The maximum Gasteiger partial charge on any atom is 0.0550 e. The summed E-state index contributed by atoms with van der Waals surface area (Å²) in [5, 5.41) is 9.16. The van der Waals surface area contributed by atoms with Gasteiger partial charge in [0.2, 0.25) is 0 Å². The van der Waals surface area contributed by atoms with E-state index in [9.17, 15) is 0 Å². The minimum Gasteiger partial charge on any atom is -0.310 e. The maximum absolute atomic E-state index is 2.54. The predicted octanol–water partition coefficient (Wildman–Crippen LogP) is 12.4. The summed E-state index contributed by atoms with van der Waals surface area (Å²) in [5.41, 5.74) is 11.0. The summed E-state index contributed by atoms with van der Waals surface area (Å²) in [6, 6.07) is 67.5. The van der Waals surface area contributed by atoms with Gasteiger partial charge in [0.1, 0.15) is 0 Å². The van der Waals surface area contributed by atoms with E-state index < -0.39 is 5.41 Å². The molecule has 54 heavy (non-hydrogen) atoms. The molecule has 1 heteroatoms. The van der Waals surface area contributed by atoms with E-state index >= 15 is 0 Å². The van der Waals surface area contributed by atoms with Crippen LogP contribution in [0.1, 0.15) is 42.9 Å². The Labute approximate surface area is 316 Å². The number of nitrogens with zero attached hydrogens (tertiary/aromatic N) is 1. The lowest BCUT2D eigenvalue weighted by molar-refractivity contribution is 0.599. The van der Waals surface area contributed by atoms with Crippen LogP contribution in [0.3, 0.4) is 0 Å². The van der Waals surface area contributed by atoms with E-state index in [2.05, 4.69) is 206 Å². The minimum absolute atomic E-state index is 0.392. The third-order valence-corrected chi connectivity index (χ3v) is 11.9. The van der Waals surface area contributed by atoms with Gasteiger partial charge in [-0.1, -0.05) is 183 Å². The Bertz CT molecular complexity index is 2930. The summed E-state index contributed by atoms with van der Waals surface area (Å²) in [6.07, 6.45) is 7.94. The van der Waals surface area contributed by atoms with Crippen molar-refractivity contribution < 1.29 is 0 Å². The Morgan fingerprint density at radius 3 is 1.74 bits per heavy atom. The summed E-state index contributed by atoms with van der Waals surface area (Å²) in [7, 11) is 0. The van der Waals surface area contributed by atoms with Crippen molar-refractivity contribution in [2.24, 2.45) is 0 Å². The number of fused-ring (bicyclic) bond motifs is 6. The summed E-state index contributed by atoms with van der Waals surface area (Å²) in [5.74, 6) is 0. The topological polar surface area (TPSA) is 4.93 Å². The molecule has 0 saturated heterocycles. The van der Waals surface area contributed by atoms with Crippen molar-refractivity contribution in [2.45, 2.75) is 31.6 Å². The van der Waals surface area contributed by atoms with E-state index in [0.717, 1.165) is 19.3 Å². The summed E-state index contributed by atoms with van der Waals surface area (Å²) >= 11 is 0. The molecule has 0 fully saturated rings. The molecule has 258 valence electrons. The van der Waals surface area contributed by atoms with Crippen LogP contribution in [0.5, 0.6) is 0 Å². The van der Waals surface area contributed by atoms with Crippen molar-refractivity contribution in [3.8, 4) is 27.9 Å². The first kappa shape index (κ1) is 32.2. The molecule has 0 aliphatic heterocycles. The lowest BCUT2D eigenvalue weighted by Crippen LogP contribution is -2.30. The highest BCUT2D eigenvalue weighted by Crippen LogP contribution is 2.47. The van der Waals surface area contributed by atoms with Crippen molar-refractivity contribution in [2.75, 3.05) is 0 Å². The molecule has 0 saturated carbocycles. The molecule has 10 rings (SSSR count). The standard InChI is InChI=1S/C53H41N/c1-2-53(43-19-7-4-8-20-43,44-32-29-41(30-33-44)40-27-25-39(26-28-40)37-15-5-3-6-16-37)49-36-51-52(47-22-12-11-21-46(47)49)48-23-13-14-24-50(48)54(51)45-34-31-38-17-9-10-18-42(38)35-45/h3-12,15-36H,2,13-14H2,1H3. The third-order valence-electron chi connectivity index (χ3n) is 11.9. The Morgan fingerprint density at radius 2 is 1.04 bits per heavy atom. The van der Waals surface area contributed by atoms with Gasteiger partial charge in [-0.3, -0.25) is 0 Å². The zero-order chi connectivity index (χ0) is 36.1. The van der Waals surface area contributed by atoms with Crippen molar-refractivity contribution in [3.05, 3.63) is 209 Å². The zero-order valence-corrected chi connectivity index (χ0v) is 30.5. The molecule has 1 aliphatic rings.